The van der Waals surface area contributed by atoms with Gasteiger partial charge in [-0.25, -0.2) is 12.7 Å². The molecule has 1 heterocycles. The van der Waals surface area contributed by atoms with Gasteiger partial charge in [-0.2, -0.15) is 0 Å². The van der Waals surface area contributed by atoms with Crippen molar-refractivity contribution in [3.05, 3.63) is 28.7 Å². The van der Waals surface area contributed by atoms with Crippen LogP contribution in [0.2, 0.25) is 0 Å². The quantitative estimate of drug-likeness (QED) is 0.846. The summed E-state index contributed by atoms with van der Waals surface area (Å²) in [6, 6.07) is 2.55. The lowest BCUT2D eigenvalue weighted by Crippen LogP contribution is -2.43. The molecule has 1 aromatic rings. The van der Waals surface area contributed by atoms with E-state index in [0.29, 0.717) is 5.92 Å². The molecule has 2 atom stereocenters. The topological polar surface area (TPSA) is 88.5 Å². The number of hydrogen-bond donors (Lipinski definition) is 1. The number of carbonyl (C=O) groups excluding carboxylic acids is 1. The van der Waals surface area contributed by atoms with Crippen molar-refractivity contribution in [3.8, 4) is 0 Å². The maximum Gasteiger partial charge on any atom is 0.251 e. The first-order valence-electron chi connectivity index (χ1n) is 8.14. The van der Waals surface area contributed by atoms with E-state index in [9.17, 15) is 18.0 Å². The third kappa shape index (κ3) is 4.24. The number of nitrogens with one attached hydrogen (secondary N) is 1. The van der Waals surface area contributed by atoms with Gasteiger partial charge in [-0.1, -0.05) is 19.8 Å². The number of sulfonamides is 1. The highest BCUT2D eigenvalue weighted by molar-refractivity contribution is 7.89. The van der Waals surface area contributed by atoms with Crippen molar-refractivity contribution in [3.63, 3.8) is 0 Å². The molecule has 8 heteroatoms. The van der Waals surface area contributed by atoms with Crippen LogP contribution in [0.15, 0.2) is 28.0 Å². The summed E-state index contributed by atoms with van der Waals surface area (Å²) in [7, 11) is -0.809. The monoisotopic (exact) mass is 355 g/mol. The standard InChI is InChI=1S/C16H25N3O4S/c1-12-6-4-5-7-14(12)17-15(20)11-19-10-13(8-9-16(19)21)24(22,23)18(2)3/h8-10,12,14H,4-7,11H2,1-3H3,(H,17,20)/t12-,14+/m1/s1. The van der Waals surface area contributed by atoms with E-state index in [2.05, 4.69) is 12.2 Å². The maximum absolute atomic E-state index is 12.2. The van der Waals surface area contributed by atoms with Crippen LogP contribution in [0.5, 0.6) is 0 Å². The molecule has 0 aliphatic heterocycles. The Bertz CT molecular complexity index is 755. The average molecular weight is 355 g/mol. The van der Waals surface area contributed by atoms with Gasteiger partial charge in [0.1, 0.15) is 6.54 Å². The van der Waals surface area contributed by atoms with Crippen molar-refractivity contribution in [2.75, 3.05) is 14.1 Å². The van der Waals surface area contributed by atoms with E-state index in [0.717, 1.165) is 28.1 Å². The molecular weight excluding hydrogens is 330 g/mol. The molecule has 0 spiro atoms. The van der Waals surface area contributed by atoms with Gasteiger partial charge in [0.25, 0.3) is 5.56 Å². The van der Waals surface area contributed by atoms with E-state index < -0.39 is 15.6 Å². The Hall–Kier alpha value is -1.67. The third-order valence-electron chi connectivity index (χ3n) is 4.51. The van der Waals surface area contributed by atoms with Gasteiger partial charge in [0.05, 0.1) is 4.90 Å². The zero-order valence-corrected chi connectivity index (χ0v) is 15.2. The number of carbonyl (C=O) groups is 1. The van der Waals surface area contributed by atoms with E-state index in [-0.39, 0.29) is 23.4 Å². The molecule has 0 radical (unpaired) electrons. The Morgan fingerprint density at radius 1 is 1.29 bits per heavy atom. The van der Waals surface area contributed by atoms with Crippen LogP contribution in [0.25, 0.3) is 0 Å². The molecule has 0 unspecified atom stereocenters. The molecule has 1 fully saturated rings. The number of rotatable bonds is 5. The fourth-order valence-corrected chi connectivity index (χ4v) is 3.86. The Labute approximate surface area is 142 Å². The second-order valence-electron chi connectivity index (χ2n) is 6.55. The van der Waals surface area contributed by atoms with Gasteiger partial charge >= 0.3 is 0 Å². The van der Waals surface area contributed by atoms with Crippen molar-refractivity contribution in [2.45, 2.75) is 50.1 Å². The highest BCUT2D eigenvalue weighted by Gasteiger charge is 2.23. The van der Waals surface area contributed by atoms with Gasteiger partial charge in [-0.05, 0) is 24.8 Å². The fourth-order valence-electron chi connectivity index (χ4n) is 2.93. The Morgan fingerprint density at radius 2 is 1.96 bits per heavy atom. The largest absolute Gasteiger partial charge is 0.352 e. The summed E-state index contributed by atoms with van der Waals surface area (Å²) in [6.45, 7) is 1.93. The third-order valence-corrected chi connectivity index (χ3v) is 6.31. The molecule has 1 saturated carbocycles. The lowest BCUT2D eigenvalue weighted by atomic mass is 9.86. The first-order valence-corrected chi connectivity index (χ1v) is 9.58. The first kappa shape index (κ1) is 18.7. The fraction of sp³-hybridized carbons (Fsp3) is 0.625. The maximum atomic E-state index is 12.2. The second-order valence-corrected chi connectivity index (χ2v) is 8.71. The van der Waals surface area contributed by atoms with E-state index in [1.165, 1.54) is 38.8 Å². The van der Waals surface area contributed by atoms with Crippen LogP contribution in [-0.4, -0.2) is 43.3 Å². The Kier molecular flexibility index (Phi) is 5.82. The second kappa shape index (κ2) is 7.48. The molecule has 1 N–H and O–H groups in total. The van der Waals surface area contributed by atoms with Gasteiger partial charge < -0.3 is 9.88 Å². The van der Waals surface area contributed by atoms with Gasteiger partial charge in [0.15, 0.2) is 0 Å². The lowest BCUT2D eigenvalue weighted by molar-refractivity contribution is -0.123. The van der Waals surface area contributed by atoms with Crippen LogP contribution < -0.4 is 10.9 Å². The van der Waals surface area contributed by atoms with Crippen molar-refractivity contribution in [2.24, 2.45) is 5.92 Å². The normalized spacial score (nSPS) is 21.7. The van der Waals surface area contributed by atoms with Gasteiger partial charge in [0, 0.05) is 32.4 Å². The minimum Gasteiger partial charge on any atom is -0.352 e. The van der Waals surface area contributed by atoms with Gasteiger partial charge in [-0.15, -0.1) is 0 Å². The number of amides is 1. The highest BCUT2D eigenvalue weighted by atomic mass is 32.2. The van der Waals surface area contributed by atoms with E-state index in [4.69, 9.17) is 0 Å². The molecule has 1 aliphatic carbocycles. The molecule has 7 nitrogen and oxygen atoms in total. The molecule has 0 bridgehead atoms. The number of pyridine rings is 1. The molecule has 1 aliphatic rings. The van der Waals surface area contributed by atoms with Crippen LogP contribution in [-0.2, 0) is 21.4 Å². The zero-order chi connectivity index (χ0) is 17.9. The SMILES string of the molecule is C[C@@H]1CCCC[C@@H]1NC(=O)Cn1cc(S(=O)(=O)N(C)C)ccc1=O. The molecule has 0 aromatic carbocycles. The molecule has 134 valence electrons. The van der Waals surface area contributed by atoms with E-state index >= 15 is 0 Å². The van der Waals surface area contributed by atoms with Crippen LogP contribution in [0.1, 0.15) is 32.6 Å². The summed E-state index contributed by atoms with van der Waals surface area (Å²) in [5.41, 5.74) is -0.403. The van der Waals surface area contributed by atoms with Gasteiger partial charge in [0.2, 0.25) is 15.9 Å². The van der Waals surface area contributed by atoms with Crippen molar-refractivity contribution < 1.29 is 13.2 Å². The summed E-state index contributed by atoms with van der Waals surface area (Å²) in [5, 5.41) is 2.97. The number of hydrogen-bond acceptors (Lipinski definition) is 4. The molecule has 2 rings (SSSR count). The smallest absolute Gasteiger partial charge is 0.251 e. The summed E-state index contributed by atoms with van der Waals surface area (Å²) < 4.78 is 26.5. The summed E-state index contributed by atoms with van der Waals surface area (Å²) in [6.07, 6.45) is 5.52. The minimum absolute atomic E-state index is 0.00839. The van der Waals surface area contributed by atoms with Crippen LogP contribution >= 0.6 is 0 Å². The average Bonchev–Trinajstić information content (AvgIpc) is 2.51. The summed E-state index contributed by atoms with van der Waals surface area (Å²) in [5.74, 6) is 0.148. The Morgan fingerprint density at radius 3 is 2.58 bits per heavy atom. The number of nitrogens with zero attached hydrogens (tertiary/aromatic N) is 2. The Balaban J connectivity index is 2.14. The molecule has 1 aromatic heterocycles. The summed E-state index contributed by atoms with van der Waals surface area (Å²) in [4.78, 5) is 24.2. The summed E-state index contributed by atoms with van der Waals surface area (Å²) >= 11 is 0. The number of aromatic nitrogens is 1. The van der Waals surface area contributed by atoms with Gasteiger partial charge in [-0.3, -0.25) is 9.59 Å². The lowest BCUT2D eigenvalue weighted by Gasteiger charge is -2.29. The van der Waals surface area contributed by atoms with E-state index in [1.54, 1.807) is 0 Å². The molecular formula is C16H25N3O4S. The van der Waals surface area contributed by atoms with Crippen LogP contribution in [0.4, 0.5) is 0 Å². The zero-order valence-electron chi connectivity index (χ0n) is 14.4. The molecule has 0 saturated heterocycles. The predicted molar refractivity (Wildman–Crippen MR) is 91.1 cm³/mol. The molecule has 24 heavy (non-hydrogen) atoms. The van der Waals surface area contributed by atoms with Crippen LogP contribution in [0, 0.1) is 5.92 Å². The predicted octanol–water partition coefficient (Wildman–Crippen LogP) is 0.794. The highest BCUT2D eigenvalue weighted by Crippen LogP contribution is 2.23. The molecule has 1 amide bonds. The van der Waals surface area contributed by atoms with Crippen molar-refractivity contribution in [1.82, 2.24) is 14.2 Å². The van der Waals surface area contributed by atoms with E-state index in [1.807, 2.05) is 0 Å². The van der Waals surface area contributed by atoms with Crippen LogP contribution in [0.3, 0.4) is 0 Å². The van der Waals surface area contributed by atoms with Crippen molar-refractivity contribution in [1.29, 1.82) is 0 Å². The first-order chi connectivity index (χ1) is 11.2. The minimum atomic E-state index is -3.65. The van der Waals surface area contributed by atoms with Crippen molar-refractivity contribution >= 4 is 15.9 Å².